The van der Waals surface area contributed by atoms with Crippen LogP contribution >= 0.6 is 0 Å². The molecule has 1 amide bonds. The Morgan fingerprint density at radius 1 is 1.25 bits per heavy atom. The number of hydrazone groups is 1. The lowest BCUT2D eigenvalue weighted by Gasteiger charge is -2.04. The summed E-state index contributed by atoms with van der Waals surface area (Å²) in [4.78, 5) is 20.0. The van der Waals surface area contributed by atoms with Crippen LogP contribution in [-0.2, 0) is 0 Å². The van der Waals surface area contributed by atoms with Gasteiger partial charge in [-0.1, -0.05) is 6.07 Å². The summed E-state index contributed by atoms with van der Waals surface area (Å²) in [5.41, 5.74) is 3.46. The van der Waals surface area contributed by atoms with E-state index in [2.05, 4.69) is 20.5 Å². The molecule has 0 aliphatic heterocycles. The summed E-state index contributed by atoms with van der Waals surface area (Å²) in [6.07, 6.45) is 3.23. The first-order valence-corrected chi connectivity index (χ1v) is 5.97. The first-order valence-electron chi connectivity index (χ1n) is 5.97. The van der Waals surface area contributed by atoms with Crippen molar-refractivity contribution in [2.75, 3.05) is 7.11 Å². The molecule has 6 nitrogen and oxygen atoms in total. The molecular formula is C14H14N4O2. The molecule has 2 aromatic rings. The van der Waals surface area contributed by atoms with Gasteiger partial charge in [0, 0.05) is 18.0 Å². The minimum Gasteiger partial charge on any atom is -0.497 e. The number of hydrogen-bond acceptors (Lipinski definition) is 5. The van der Waals surface area contributed by atoms with Gasteiger partial charge in [-0.25, -0.2) is 15.4 Å². The smallest absolute Gasteiger partial charge is 0.271 e. The van der Waals surface area contributed by atoms with Gasteiger partial charge in [0.15, 0.2) is 5.82 Å². The topological polar surface area (TPSA) is 76.5 Å². The number of ether oxygens (including phenoxy) is 1. The van der Waals surface area contributed by atoms with Gasteiger partial charge in [0.05, 0.1) is 7.11 Å². The summed E-state index contributed by atoms with van der Waals surface area (Å²) in [7, 11) is 1.55. The summed E-state index contributed by atoms with van der Waals surface area (Å²) in [6.45, 7) is 1.72. The zero-order chi connectivity index (χ0) is 14.4. The number of carbonyl (C=O) groups is 1. The van der Waals surface area contributed by atoms with Crippen LogP contribution in [0.15, 0.2) is 47.8 Å². The van der Waals surface area contributed by atoms with Crippen LogP contribution in [0.2, 0.25) is 0 Å². The summed E-state index contributed by atoms with van der Waals surface area (Å²) >= 11 is 0. The van der Waals surface area contributed by atoms with Crippen LogP contribution in [0.3, 0.4) is 0 Å². The first kappa shape index (κ1) is 13.7. The predicted molar refractivity (Wildman–Crippen MR) is 74.7 cm³/mol. The number of hydrogen-bond donors (Lipinski definition) is 1. The molecular weight excluding hydrogens is 256 g/mol. The quantitative estimate of drug-likeness (QED) is 0.677. The van der Waals surface area contributed by atoms with E-state index in [4.69, 9.17) is 4.74 Å². The minimum absolute atomic E-state index is 0.320. The van der Waals surface area contributed by atoms with Crippen molar-refractivity contribution in [3.8, 4) is 5.75 Å². The number of aromatic nitrogens is 2. The second-order valence-corrected chi connectivity index (χ2v) is 3.94. The third-order valence-corrected chi connectivity index (χ3v) is 2.55. The van der Waals surface area contributed by atoms with E-state index >= 15 is 0 Å². The fraction of sp³-hybridized carbons (Fsp3) is 0.143. The molecule has 1 aromatic carbocycles. The third kappa shape index (κ3) is 3.38. The third-order valence-electron chi connectivity index (χ3n) is 2.55. The van der Waals surface area contributed by atoms with Crippen molar-refractivity contribution in [3.63, 3.8) is 0 Å². The average Bonchev–Trinajstić information content (AvgIpc) is 2.53. The van der Waals surface area contributed by atoms with Gasteiger partial charge >= 0.3 is 0 Å². The van der Waals surface area contributed by atoms with Crippen molar-refractivity contribution in [1.82, 2.24) is 15.4 Å². The number of benzene rings is 1. The van der Waals surface area contributed by atoms with E-state index in [1.54, 1.807) is 56.8 Å². The predicted octanol–water partition coefficient (Wildman–Crippen LogP) is 1.64. The summed E-state index contributed by atoms with van der Waals surface area (Å²) in [5, 5.41) is 3.98. The lowest BCUT2D eigenvalue weighted by Crippen LogP contribution is -2.19. The average molecular weight is 270 g/mol. The number of methoxy groups -OCH3 is 1. The molecule has 0 radical (unpaired) electrons. The van der Waals surface area contributed by atoms with Crippen LogP contribution in [0, 0.1) is 0 Å². The van der Waals surface area contributed by atoms with E-state index in [1.165, 1.54) is 0 Å². The second-order valence-electron chi connectivity index (χ2n) is 3.94. The summed E-state index contributed by atoms with van der Waals surface area (Å²) < 4.78 is 5.06. The van der Waals surface area contributed by atoms with Crippen LogP contribution in [-0.4, -0.2) is 28.7 Å². The number of amides is 1. The maximum Gasteiger partial charge on any atom is 0.271 e. The molecule has 102 valence electrons. The van der Waals surface area contributed by atoms with Crippen LogP contribution < -0.4 is 10.2 Å². The molecule has 0 aliphatic rings. The molecule has 1 aromatic heterocycles. The van der Waals surface area contributed by atoms with Gasteiger partial charge in [-0.15, -0.1) is 0 Å². The number of carbonyl (C=O) groups excluding carboxylic acids is 1. The Labute approximate surface area is 116 Å². The Kier molecular flexibility index (Phi) is 4.39. The Hall–Kier alpha value is -2.76. The largest absolute Gasteiger partial charge is 0.497 e. The van der Waals surface area contributed by atoms with E-state index < -0.39 is 0 Å². The lowest BCUT2D eigenvalue weighted by atomic mass is 10.2. The molecule has 0 spiro atoms. The molecule has 0 fully saturated rings. The molecule has 1 N–H and O–H groups in total. The first-order chi connectivity index (χ1) is 9.70. The highest BCUT2D eigenvalue weighted by molar-refractivity contribution is 5.98. The molecule has 0 unspecified atom stereocenters. The maximum atomic E-state index is 11.9. The molecule has 1 heterocycles. The van der Waals surface area contributed by atoms with Crippen LogP contribution in [0.4, 0.5) is 0 Å². The highest BCUT2D eigenvalue weighted by Gasteiger charge is 2.06. The Bertz CT molecular complexity index is 626. The van der Waals surface area contributed by atoms with Gasteiger partial charge in [-0.05, 0) is 31.2 Å². The van der Waals surface area contributed by atoms with E-state index in [0.717, 1.165) is 0 Å². The number of rotatable bonds is 4. The molecule has 0 aliphatic carbocycles. The summed E-state index contributed by atoms with van der Waals surface area (Å²) in [5.74, 6) is 0.766. The molecule has 6 heteroatoms. The lowest BCUT2D eigenvalue weighted by molar-refractivity contribution is 0.0954. The van der Waals surface area contributed by atoms with Crippen LogP contribution in [0.1, 0.15) is 23.1 Å². The van der Waals surface area contributed by atoms with Crippen LogP contribution in [0.25, 0.3) is 0 Å². The highest BCUT2D eigenvalue weighted by atomic mass is 16.5. The highest BCUT2D eigenvalue weighted by Crippen LogP contribution is 2.12. The van der Waals surface area contributed by atoms with Crippen molar-refractivity contribution in [2.24, 2.45) is 5.10 Å². The van der Waals surface area contributed by atoms with Crippen molar-refractivity contribution in [1.29, 1.82) is 0 Å². The van der Waals surface area contributed by atoms with E-state index in [1.807, 2.05) is 0 Å². The van der Waals surface area contributed by atoms with Gasteiger partial charge < -0.3 is 4.74 Å². The molecule has 0 atom stereocenters. The SMILES string of the molecule is COc1cccc(C(=O)N/N=C(\C)c2ncccn2)c1. The summed E-state index contributed by atoms with van der Waals surface area (Å²) in [6, 6.07) is 8.54. The fourth-order valence-corrected chi connectivity index (χ4v) is 1.50. The van der Waals surface area contributed by atoms with Crippen molar-refractivity contribution in [3.05, 3.63) is 54.1 Å². The monoisotopic (exact) mass is 270 g/mol. The minimum atomic E-state index is -0.320. The fourth-order valence-electron chi connectivity index (χ4n) is 1.50. The van der Waals surface area contributed by atoms with Crippen molar-refractivity contribution < 1.29 is 9.53 Å². The zero-order valence-electron chi connectivity index (χ0n) is 11.2. The number of nitrogens with zero attached hydrogens (tertiary/aromatic N) is 3. The van der Waals surface area contributed by atoms with E-state index in [0.29, 0.717) is 22.8 Å². The van der Waals surface area contributed by atoms with E-state index in [9.17, 15) is 4.79 Å². The molecule has 0 bridgehead atoms. The Balaban J connectivity index is 2.08. The zero-order valence-corrected chi connectivity index (χ0v) is 11.2. The van der Waals surface area contributed by atoms with Gasteiger partial charge in [0.2, 0.25) is 0 Å². The maximum absolute atomic E-state index is 11.9. The van der Waals surface area contributed by atoms with E-state index in [-0.39, 0.29) is 5.91 Å². The van der Waals surface area contributed by atoms with Gasteiger partial charge in [-0.2, -0.15) is 5.10 Å². The van der Waals surface area contributed by atoms with Gasteiger partial charge in [-0.3, -0.25) is 4.79 Å². The molecule has 0 saturated heterocycles. The number of nitrogens with one attached hydrogen (secondary N) is 1. The standard InChI is InChI=1S/C14H14N4O2/c1-10(13-15-7-4-8-16-13)17-18-14(19)11-5-3-6-12(9-11)20-2/h3-9H,1-2H3,(H,18,19)/b17-10+. The van der Waals surface area contributed by atoms with Crippen molar-refractivity contribution in [2.45, 2.75) is 6.92 Å². The molecule has 2 rings (SSSR count). The Morgan fingerprint density at radius 3 is 2.70 bits per heavy atom. The molecule has 0 saturated carbocycles. The molecule has 20 heavy (non-hydrogen) atoms. The van der Waals surface area contributed by atoms with Crippen molar-refractivity contribution >= 4 is 11.6 Å². The second kappa shape index (κ2) is 6.42. The van der Waals surface area contributed by atoms with Gasteiger partial charge in [0.1, 0.15) is 11.5 Å². The van der Waals surface area contributed by atoms with Gasteiger partial charge in [0.25, 0.3) is 5.91 Å². The normalized spacial score (nSPS) is 11.0. The Morgan fingerprint density at radius 2 is 2.00 bits per heavy atom. The van der Waals surface area contributed by atoms with Crippen LogP contribution in [0.5, 0.6) is 5.75 Å².